The first-order chi connectivity index (χ1) is 13.1. The summed E-state index contributed by atoms with van der Waals surface area (Å²) in [5.41, 5.74) is 1.93. The molecule has 0 saturated heterocycles. The average Bonchev–Trinajstić information content (AvgIpc) is 3.10. The van der Waals surface area contributed by atoms with Gasteiger partial charge < -0.3 is 10.1 Å². The number of aromatic nitrogens is 2. The number of halogens is 1. The standard InChI is InChI=1S/C21H20BrN3O2/c1-27-18-14-25(17-9-3-2-4-10-17)24-19(18)20(26)23-21(11-6-12-21)15-7-5-8-16(22)13-15/h2-5,7-10,13-14H,6,11-12H2,1H3,(H,23,26). The second-order valence-corrected chi connectivity index (χ2v) is 7.64. The second-order valence-electron chi connectivity index (χ2n) is 6.73. The lowest BCUT2D eigenvalue weighted by atomic mass is 9.71. The third kappa shape index (κ3) is 3.37. The van der Waals surface area contributed by atoms with Crippen LogP contribution in [-0.4, -0.2) is 22.8 Å². The number of rotatable bonds is 5. The van der Waals surface area contributed by atoms with E-state index in [0.717, 1.165) is 35.0 Å². The molecule has 1 aromatic heterocycles. The number of hydrogen-bond acceptors (Lipinski definition) is 3. The molecule has 138 valence electrons. The summed E-state index contributed by atoms with van der Waals surface area (Å²) >= 11 is 3.52. The first kappa shape index (κ1) is 17.8. The second kappa shape index (κ2) is 7.19. The van der Waals surface area contributed by atoms with Crippen molar-refractivity contribution in [2.24, 2.45) is 0 Å². The molecule has 0 unspecified atom stereocenters. The van der Waals surface area contributed by atoms with Crippen molar-refractivity contribution in [1.82, 2.24) is 15.1 Å². The first-order valence-corrected chi connectivity index (χ1v) is 9.68. The van der Waals surface area contributed by atoms with Crippen molar-refractivity contribution >= 4 is 21.8 Å². The number of ether oxygens (including phenoxy) is 1. The molecule has 1 N–H and O–H groups in total. The number of methoxy groups -OCH3 is 1. The van der Waals surface area contributed by atoms with Crippen molar-refractivity contribution in [2.75, 3.05) is 7.11 Å². The molecule has 1 aliphatic rings. The predicted molar refractivity (Wildman–Crippen MR) is 107 cm³/mol. The molecule has 0 bridgehead atoms. The minimum Gasteiger partial charge on any atom is -0.493 e. The van der Waals surface area contributed by atoms with Gasteiger partial charge in [-0.25, -0.2) is 4.68 Å². The minimum atomic E-state index is -0.345. The average molecular weight is 426 g/mol. The fourth-order valence-electron chi connectivity index (χ4n) is 3.46. The highest BCUT2D eigenvalue weighted by molar-refractivity contribution is 9.10. The Kier molecular flexibility index (Phi) is 4.74. The number of benzene rings is 2. The van der Waals surface area contributed by atoms with Crippen LogP contribution >= 0.6 is 15.9 Å². The Morgan fingerprint density at radius 1 is 1.19 bits per heavy atom. The highest BCUT2D eigenvalue weighted by Gasteiger charge is 2.41. The van der Waals surface area contributed by atoms with E-state index in [0.29, 0.717) is 11.4 Å². The van der Waals surface area contributed by atoms with Gasteiger partial charge in [0.1, 0.15) is 0 Å². The Labute approximate surface area is 166 Å². The third-order valence-corrected chi connectivity index (χ3v) is 5.57. The number of carbonyl (C=O) groups excluding carboxylic acids is 1. The molecule has 4 rings (SSSR count). The first-order valence-electron chi connectivity index (χ1n) is 8.89. The number of nitrogens with one attached hydrogen (secondary N) is 1. The van der Waals surface area contributed by atoms with E-state index in [9.17, 15) is 4.79 Å². The van der Waals surface area contributed by atoms with Crippen molar-refractivity contribution in [3.63, 3.8) is 0 Å². The van der Waals surface area contributed by atoms with Gasteiger partial charge in [0.2, 0.25) is 0 Å². The number of hydrogen-bond donors (Lipinski definition) is 1. The monoisotopic (exact) mass is 425 g/mol. The summed E-state index contributed by atoms with van der Waals surface area (Å²) in [7, 11) is 1.55. The molecule has 0 spiro atoms. The lowest BCUT2D eigenvalue weighted by molar-refractivity contribution is 0.0814. The molecule has 5 nitrogen and oxygen atoms in total. The van der Waals surface area contributed by atoms with Gasteiger partial charge >= 0.3 is 0 Å². The van der Waals surface area contributed by atoms with Gasteiger partial charge in [-0.05, 0) is 49.1 Å². The van der Waals surface area contributed by atoms with Gasteiger partial charge in [-0.15, -0.1) is 0 Å². The molecule has 1 saturated carbocycles. The van der Waals surface area contributed by atoms with E-state index in [-0.39, 0.29) is 11.4 Å². The van der Waals surface area contributed by atoms with Gasteiger partial charge in [0.05, 0.1) is 24.5 Å². The third-order valence-electron chi connectivity index (χ3n) is 5.07. The molecular formula is C21H20BrN3O2. The fourth-order valence-corrected chi connectivity index (χ4v) is 3.86. The van der Waals surface area contributed by atoms with Crippen LogP contribution in [0.3, 0.4) is 0 Å². The Morgan fingerprint density at radius 2 is 1.96 bits per heavy atom. The van der Waals surface area contributed by atoms with Crippen molar-refractivity contribution in [3.8, 4) is 11.4 Å². The fraction of sp³-hybridized carbons (Fsp3) is 0.238. The van der Waals surface area contributed by atoms with Gasteiger partial charge in [-0.3, -0.25) is 4.79 Å². The molecular weight excluding hydrogens is 406 g/mol. The molecule has 3 aromatic rings. The zero-order valence-corrected chi connectivity index (χ0v) is 16.6. The van der Waals surface area contributed by atoms with Crippen molar-refractivity contribution < 1.29 is 9.53 Å². The van der Waals surface area contributed by atoms with Gasteiger partial charge in [0.15, 0.2) is 11.4 Å². The maximum atomic E-state index is 13.1. The minimum absolute atomic E-state index is 0.221. The van der Waals surface area contributed by atoms with E-state index in [1.165, 1.54) is 0 Å². The molecule has 2 aromatic carbocycles. The number of para-hydroxylation sites is 1. The van der Waals surface area contributed by atoms with Crippen LogP contribution in [0.2, 0.25) is 0 Å². The van der Waals surface area contributed by atoms with Gasteiger partial charge in [0, 0.05) is 4.47 Å². The maximum Gasteiger partial charge on any atom is 0.276 e. The smallest absolute Gasteiger partial charge is 0.276 e. The van der Waals surface area contributed by atoms with E-state index in [1.54, 1.807) is 18.0 Å². The summed E-state index contributed by atoms with van der Waals surface area (Å²) in [6.45, 7) is 0. The van der Waals surface area contributed by atoms with Crippen LogP contribution in [0.4, 0.5) is 0 Å². The highest BCUT2D eigenvalue weighted by atomic mass is 79.9. The zero-order valence-electron chi connectivity index (χ0n) is 15.0. The summed E-state index contributed by atoms with van der Waals surface area (Å²) in [6, 6.07) is 17.8. The Bertz CT molecular complexity index is 965. The molecule has 0 radical (unpaired) electrons. The maximum absolute atomic E-state index is 13.1. The number of carbonyl (C=O) groups is 1. The summed E-state index contributed by atoms with van der Waals surface area (Å²) in [4.78, 5) is 13.1. The molecule has 1 fully saturated rings. The van der Waals surface area contributed by atoms with Crippen LogP contribution in [0.5, 0.6) is 5.75 Å². The zero-order chi connectivity index (χ0) is 18.9. The van der Waals surface area contributed by atoms with E-state index in [2.05, 4.69) is 38.5 Å². The molecule has 0 aliphatic heterocycles. The van der Waals surface area contributed by atoms with Crippen LogP contribution in [-0.2, 0) is 5.54 Å². The van der Waals surface area contributed by atoms with Crippen LogP contribution < -0.4 is 10.1 Å². The van der Waals surface area contributed by atoms with Crippen LogP contribution in [0.1, 0.15) is 35.3 Å². The lowest BCUT2D eigenvalue weighted by Gasteiger charge is -2.43. The normalized spacial score (nSPS) is 15.0. The molecule has 27 heavy (non-hydrogen) atoms. The molecule has 1 heterocycles. The van der Waals surface area contributed by atoms with Crippen molar-refractivity contribution in [1.29, 1.82) is 0 Å². The largest absolute Gasteiger partial charge is 0.493 e. The number of nitrogens with zero attached hydrogens (tertiary/aromatic N) is 2. The lowest BCUT2D eigenvalue weighted by Crippen LogP contribution is -2.51. The van der Waals surface area contributed by atoms with E-state index in [4.69, 9.17) is 4.74 Å². The van der Waals surface area contributed by atoms with E-state index in [1.807, 2.05) is 42.5 Å². The number of amides is 1. The summed E-state index contributed by atoms with van der Waals surface area (Å²) in [5.74, 6) is 0.237. The SMILES string of the molecule is COc1cn(-c2ccccc2)nc1C(=O)NC1(c2cccc(Br)c2)CCC1. The molecule has 0 atom stereocenters. The highest BCUT2D eigenvalue weighted by Crippen LogP contribution is 2.42. The quantitative estimate of drug-likeness (QED) is 0.656. The van der Waals surface area contributed by atoms with Crippen LogP contribution in [0.25, 0.3) is 5.69 Å². The molecule has 6 heteroatoms. The Hall–Kier alpha value is -2.60. The Balaban J connectivity index is 1.64. The van der Waals surface area contributed by atoms with Gasteiger partial charge in [-0.2, -0.15) is 5.10 Å². The predicted octanol–water partition coefficient (Wildman–Crippen LogP) is 4.45. The summed E-state index contributed by atoms with van der Waals surface area (Å²) in [6.07, 6.45) is 4.65. The molecule has 1 amide bonds. The van der Waals surface area contributed by atoms with Crippen molar-refractivity contribution in [2.45, 2.75) is 24.8 Å². The summed E-state index contributed by atoms with van der Waals surface area (Å²) in [5, 5.41) is 7.69. The summed E-state index contributed by atoms with van der Waals surface area (Å²) < 4.78 is 8.08. The van der Waals surface area contributed by atoms with Gasteiger partial charge in [0.25, 0.3) is 5.91 Å². The van der Waals surface area contributed by atoms with Crippen LogP contribution in [0.15, 0.2) is 65.3 Å². The Morgan fingerprint density at radius 3 is 2.59 bits per heavy atom. The van der Waals surface area contributed by atoms with E-state index < -0.39 is 0 Å². The van der Waals surface area contributed by atoms with Crippen LogP contribution in [0, 0.1) is 0 Å². The van der Waals surface area contributed by atoms with E-state index >= 15 is 0 Å². The van der Waals surface area contributed by atoms with Gasteiger partial charge in [-0.1, -0.05) is 46.3 Å². The van der Waals surface area contributed by atoms with Crippen molar-refractivity contribution in [3.05, 3.63) is 76.5 Å². The topological polar surface area (TPSA) is 56.2 Å². The molecule has 1 aliphatic carbocycles.